The first-order valence-electron chi connectivity index (χ1n) is 12.1. The van der Waals surface area contributed by atoms with Crippen molar-refractivity contribution in [2.24, 2.45) is 7.05 Å². The molecule has 0 saturated heterocycles. The normalized spacial score (nSPS) is 12.6. The average molecular weight is 507 g/mol. The Bertz CT molecular complexity index is 1640. The molecular weight excluding hydrogens is 480 g/mol. The van der Waals surface area contributed by atoms with E-state index in [4.69, 9.17) is 10.5 Å². The zero-order valence-electron chi connectivity index (χ0n) is 21.0. The Morgan fingerprint density at radius 1 is 1.21 bits per heavy atom. The van der Waals surface area contributed by atoms with E-state index in [9.17, 15) is 14.9 Å². The lowest BCUT2D eigenvalue weighted by Crippen LogP contribution is -2.25. The van der Waals surface area contributed by atoms with Crippen LogP contribution in [0.3, 0.4) is 0 Å². The first kappa shape index (κ1) is 24.6. The fourth-order valence-corrected chi connectivity index (χ4v) is 4.64. The van der Waals surface area contributed by atoms with E-state index in [1.165, 1.54) is 19.4 Å². The van der Waals surface area contributed by atoms with Crippen LogP contribution in [0.15, 0.2) is 61.3 Å². The van der Waals surface area contributed by atoms with Gasteiger partial charge in [-0.1, -0.05) is 24.8 Å². The Morgan fingerprint density at radius 3 is 2.55 bits per heavy atom. The van der Waals surface area contributed by atoms with Crippen molar-refractivity contribution in [3.8, 4) is 34.2 Å². The first-order chi connectivity index (χ1) is 18.4. The van der Waals surface area contributed by atoms with E-state index in [-0.39, 0.29) is 23.7 Å². The maximum Gasteiger partial charge on any atom is 0.255 e. The summed E-state index contributed by atoms with van der Waals surface area (Å²) in [6.07, 6.45) is 4.63. The lowest BCUT2D eigenvalue weighted by atomic mass is 9.96. The van der Waals surface area contributed by atoms with Crippen molar-refractivity contribution in [1.82, 2.24) is 14.9 Å². The van der Waals surface area contributed by atoms with Gasteiger partial charge in [-0.2, -0.15) is 5.26 Å². The smallest absolute Gasteiger partial charge is 0.255 e. The van der Waals surface area contributed by atoms with Crippen LogP contribution in [0, 0.1) is 11.3 Å². The number of benzene rings is 2. The van der Waals surface area contributed by atoms with Gasteiger partial charge in [0.15, 0.2) is 0 Å². The van der Waals surface area contributed by atoms with Gasteiger partial charge in [-0.05, 0) is 54.3 Å². The number of rotatable bonds is 7. The minimum Gasteiger partial charge on any atom is -0.496 e. The van der Waals surface area contributed by atoms with Crippen LogP contribution in [-0.4, -0.2) is 34.5 Å². The minimum atomic E-state index is -0.307. The summed E-state index contributed by atoms with van der Waals surface area (Å²) < 4.78 is 7.53. The van der Waals surface area contributed by atoms with Crippen LogP contribution < -0.4 is 21.1 Å². The van der Waals surface area contributed by atoms with Crippen LogP contribution in [-0.2, 0) is 11.8 Å². The molecule has 4 N–H and O–H groups in total. The highest BCUT2D eigenvalue weighted by Crippen LogP contribution is 2.44. The molecule has 9 heteroatoms. The second kappa shape index (κ2) is 9.75. The zero-order valence-corrected chi connectivity index (χ0v) is 21.0. The van der Waals surface area contributed by atoms with Gasteiger partial charge in [0.25, 0.3) is 5.91 Å². The lowest BCUT2D eigenvalue weighted by molar-refractivity contribution is -0.111. The van der Waals surface area contributed by atoms with Crippen molar-refractivity contribution < 1.29 is 14.3 Å². The number of methoxy groups -OCH3 is 1. The lowest BCUT2D eigenvalue weighted by Gasteiger charge is -2.13. The molecule has 1 aliphatic carbocycles. The number of amides is 2. The summed E-state index contributed by atoms with van der Waals surface area (Å²) in [6.45, 7) is 3.48. The molecule has 2 heterocycles. The highest BCUT2D eigenvalue weighted by molar-refractivity contribution is 6.11. The summed E-state index contributed by atoms with van der Waals surface area (Å²) in [5.41, 5.74) is 11.6. The Hall–Kier alpha value is -5.10. The van der Waals surface area contributed by atoms with Crippen molar-refractivity contribution in [3.63, 3.8) is 0 Å². The number of anilines is 2. The van der Waals surface area contributed by atoms with Crippen molar-refractivity contribution >= 4 is 34.2 Å². The molecule has 1 saturated carbocycles. The zero-order chi connectivity index (χ0) is 27.0. The molecule has 2 aromatic carbocycles. The predicted molar refractivity (Wildman–Crippen MR) is 147 cm³/mol. The summed E-state index contributed by atoms with van der Waals surface area (Å²) >= 11 is 0. The fraction of sp³-hybridized carbons (Fsp3) is 0.172. The van der Waals surface area contributed by atoms with E-state index >= 15 is 0 Å². The molecule has 5 rings (SSSR count). The third kappa shape index (κ3) is 4.33. The number of hydrogen-bond donors (Lipinski definition) is 3. The second-order valence-corrected chi connectivity index (χ2v) is 9.11. The molecule has 9 nitrogen and oxygen atoms in total. The SMILES string of the molecule is C=CC(=O)Nc1ccc(-c2c(-c3ccc(C(=O)NC4CC4)c(OC)c3)c3c(N)ncc(C#N)c3n2C)cc1. The number of fused-ring (bicyclic) bond motifs is 1. The number of nitrogens with one attached hydrogen (secondary N) is 2. The highest BCUT2D eigenvalue weighted by atomic mass is 16.5. The summed E-state index contributed by atoms with van der Waals surface area (Å²) in [7, 11) is 3.39. The van der Waals surface area contributed by atoms with Crippen LogP contribution in [0.1, 0.15) is 28.8 Å². The largest absolute Gasteiger partial charge is 0.496 e. The molecule has 1 fully saturated rings. The molecule has 4 aromatic rings. The van der Waals surface area contributed by atoms with Crippen molar-refractivity contribution in [1.29, 1.82) is 5.26 Å². The van der Waals surface area contributed by atoms with Crippen LogP contribution in [0.4, 0.5) is 11.5 Å². The molecule has 2 aromatic heterocycles. The van der Waals surface area contributed by atoms with Crippen LogP contribution in [0.5, 0.6) is 5.75 Å². The van der Waals surface area contributed by atoms with E-state index < -0.39 is 0 Å². The van der Waals surface area contributed by atoms with Gasteiger partial charge in [0.05, 0.1) is 34.8 Å². The molecule has 0 aliphatic heterocycles. The number of carbonyl (C=O) groups excluding carboxylic acids is 2. The van der Waals surface area contributed by atoms with Gasteiger partial charge >= 0.3 is 0 Å². The summed E-state index contributed by atoms with van der Waals surface area (Å²) in [5.74, 6) is 0.215. The molecule has 2 amide bonds. The molecule has 38 heavy (non-hydrogen) atoms. The van der Waals surface area contributed by atoms with Gasteiger partial charge in [-0.3, -0.25) is 9.59 Å². The first-order valence-corrected chi connectivity index (χ1v) is 12.1. The molecule has 0 atom stereocenters. The summed E-state index contributed by atoms with van der Waals surface area (Å²) in [5, 5.41) is 16.2. The molecule has 1 aliphatic rings. The quantitative estimate of drug-likeness (QED) is 0.318. The van der Waals surface area contributed by atoms with Gasteiger partial charge in [0, 0.05) is 30.5 Å². The second-order valence-electron chi connectivity index (χ2n) is 9.11. The number of nitrogens with zero attached hydrogens (tertiary/aromatic N) is 3. The predicted octanol–water partition coefficient (Wildman–Crippen LogP) is 4.39. The molecule has 190 valence electrons. The van der Waals surface area contributed by atoms with E-state index in [0.717, 1.165) is 35.2 Å². The van der Waals surface area contributed by atoms with Gasteiger partial charge in [0.2, 0.25) is 5.91 Å². The number of hydrogen-bond acceptors (Lipinski definition) is 6. The van der Waals surface area contributed by atoms with Crippen LogP contribution in [0.25, 0.3) is 33.3 Å². The number of aromatic nitrogens is 2. The Kier molecular flexibility index (Phi) is 6.31. The minimum absolute atomic E-state index is 0.181. The van der Waals surface area contributed by atoms with Crippen molar-refractivity contribution in [2.75, 3.05) is 18.2 Å². The molecular formula is C29H26N6O3. The third-order valence-electron chi connectivity index (χ3n) is 6.62. The summed E-state index contributed by atoms with van der Waals surface area (Å²) in [4.78, 5) is 28.8. The van der Waals surface area contributed by atoms with E-state index in [0.29, 0.717) is 33.5 Å². The highest BCUT2D eigenvalue weighted by Gasteiger charge is 2.27. The topological polar surface area (TPSA) is 135 Å². The van der Waals surface area contributed by atoms with Crippen LogP contribution in [0.2, 0.25) is 0 Å². The van der Waals surface area contributed by atoms with Gasteiger partial charge in [0.1, 0.15) is 17.6 Å². The Balaban J connectivity index is 1.72. The van der Waals surface area contributed by atoms with E-state index in [1.54, 1.807) is 24.3 Å². The number of nitriles is 1. The number of ether oxygens (including phenoxy) is 1. The van der Waals surface area contributed by atoms with E-state index in [1.807, 2.05) is 29.8 Å². The molecule has 0 radical (unpaired) electrons. The number of pyridine rings is 1. The fourth-order valence-electron chi connectivity index (χ4n) is 4.64. The summed E-state index contributed by atoms with van der Waals surface area (Å²) in [6, 6.07) is 15.1. The number of carbonyl (C=O) groups is 2. The van der Waals surface area contributed by atoms with Gasteiger partial charge < -0.3 is 25.7 Å². The Morgan fingerprint density at radius 2 is 1.92 bits per heavy atom. The van der Waals surface area contributed by atoms with E-state index in [2.05, 4.69) is 28.3 Å². The standard InChI is InChI=1S/C29H26N6O3/c1-4-23(36)33-19-8-5-16(6-9-19)26-24(25-27(35(26)2)18(14-30)15-32-28(25)31)17-7-12-21(22(13-17)38-3)29(37)34-20-10-11-20/h4-9,12-13,15,20H,1,10-11H2,2-3H3,(H2,31,32)(H,33,36)(H,34,37). The Labute approximate surface area is 219 Å². The maximum absolute atomic E-state index is 12.8. The van der Waals surface area contributed by atoms with Gasteiger partial charge in [-0.15, -0.1) is 0 Å². The monoisotopic (exact) mass is 506 g/mol. The molecule has 0 spiro atoms. The third-order valence-corrected chi connectivity index (χ3v) is 6.62. The van der Waals surface area contributed by atoms with Crippen molar-refractivity contribution in [3.05, 3.63) is 72.4 Å². The maximum atomic E-state index is 12.8. The number of aryl methyl sites for hydroxylation is 1. The molecule has 0 unspecified atom stereocenters. The molecule has 0 bridgehead atoms. The van der Waals surface area contributed by atoms with Crippen molar-refractivity contribution in [2.45, 2.75) is 18.9 Å². The average Bonchev–Trinajstić information content (AvgIpc) is 3.69. The number of nitrogen functional groups attached to an aromatic ring is 1. The number of nitrogens with two attached hydrogens (primary N) is 1. The van der Waals surface area contributed by atoms with Gasteiger partial charge in [-0.25, -0.2) is 4.98 Å². The van der Waals surface area contributed by atoms with Crippen LogP contribution >= 0.6 is 0 Å².